The van der Waals surface area contributed by atoms with E-state index in [-0.39, 0.29) is 16.8 Å². The molecular weight excluding hydrogens is 438 g/mol. The standard InChI is InChI=1S/C24H31N5O3S/c1-15(2)29-23-19(12-25-29)11-22(18(5)26-23)24(30)27-20-6-8-21(9-7-20)33(31,32)28-13-16(3)10-17(4)14-28/h6-9,11-12,15-17H,10,13-14H2,1-5H3,(H,27,30). The van der Waals surface area contributed by atoms with Gasteiger partial charge in [0.15, 0.2) is 5.65 Å². The molecule has 1 aromatic carbocycles. The molecule has 1 fully saturated rings. The number of pyridine rings is 1. The first-order valence-electron chi connectivity index (χ1n) is 11.3. The summed E-state index contributed by atoms with van der Waals surface area (Å²) in [6.07, 6.45) is 2.75. The number of nitrogens with one attached hydrogen (secondary N) is 1. The molecule has 2 atom stereocenters. The highest BCUT2D eigenvalue weighted by atomic mass is 32.2. The highest BCUT2D eigenvalue weighted by Crippen LogP contribution is 2.27. The number of carbonyl (C=O) groups is 1. The van der Waals surface area contributed by atoms with E-state index in [4.69, 9.17) is 0 Å². The van der Waals surface area contributed by atoms with Crippen molar-refractivity contribution in [3.8, 4) is 0 Å². The van der Waals surface area contributed by atoms with Gasteiger partial charge in [0.1, 0.15) is 0 Å². The van der Waals surface area contributed by atoms with Crippen LogP contribution < -0.4 is 5.32 Å². The van der Waals surface area contributed by atoms with E-state index in [1.807, 2.05) is 18.5 Å². The fourth-order valence-corrected chi connectivity index (χ4v) is 6.21. The summed E-state index contributed by atoms with van der Waals surface area (Å²) in [7, 11) is -3.56. The topological polar surface area (TPSA) is 97.2 Å². The van der Waals surface area contributed by atoms with Crippen molar-refractivity contribution in [1.29, 1.82) is 0 Å². The predicted octanol–water partition coefficient (Wildman–Crippen LogP) is 4.24. The minimum Gasteiger partial charge on any atom is -0.322 e. The zero-order valence-corrected chi connectivity index (χ0v) is 20.6. The first-order chi connectivity index (χ1) is 15.6. The van der Waals surface area contributed by atoms with Gasteiger partial charge in [-0.05, 0) is 69.4 Å². The number of carbonyl (C=O) groups excluding carboxylic acids is 1. The van der Waals surface area contributed by atoms with Crippen molar-refractivity contribution in [2.75, 3.05) is 18.4 Å². The molecule has 1 amide bonds. The lowest BCUT2D eigenvalue weighted by molar-refractivity contribution is 0.102. The Labute approximate surface area is 195 Å². The van der Waals surface area contributed by atoms with E-state index < -0.39 is 10.0 Å². The van der Waals surface area contributed by atoms with Gasteiger partial charge in [-0.3, -0.25) is 4.79 Å². The lowest BCUT2D eigenvalue weighted by Crippen LogP contribution is -2.42. The van der Waals surface area contributed by atoms with Crippen molar-refractivity contribution in [3.63, 3.8) is 0 Å². The van der Waals surface area contributed by atoms with Gasteiger partial charge in [0, 0.05) is 30.2 Å². The molecule has 3 aromatic rings. The van der Waals surface area contributed by atoms with Crippen molar-refractivity contribution in [2.24, 2.45) is 11.8 Å². The molecule has 1 saturated heterocycles. The number of hydrogen-bond donors (Lipinski definition) is 1. The van der Waals surface area contributed by atoms with Crippen LogP contribution in [0.15, 0.2) is 41.4 Å². The summed E-state index contributed by atoms with van der Waals surface area (Å²) in [4.78, 5) is 17.7. The van der Waals surface area contributed by atoms with Crippen LogP contribution >= 0.6 is 0 Å². The van der Waals surface area contributed by atoms with E-state index in [2.05, 4.69) is 29.2 Å². The number of piperidine rings is 1. The molecule has 8 nitrogen and oxygen atoms in total. The number of aromatic nitrogens is 3. The number of sulfonamides is 1. The highest BCUT2D eigenvalue weighted by Gasteiger charge is 2.31. The van der Waals surface area contributed by atoms with Gasteiger partial charge in [0.2, 0.25) is 10.0 Å². The smallest absolute Gasteiger partial charge is 0.257 e. The Morgan fingerprint density at radius 2 is 1.76 bits per heavy atom. The van der Waals surface area contributed by atoms with Crippen LogP contribution in [-0.2, 0) is 10.0 Å². The van der Waals surface area contributed by atoms with Gasteiger partial charge >= 0.3 is 0 Å². The second kappa shape index (κ2) is 8.87. The molecule has 0 aliphatic carbocycles. The number of hydrogen-bond acceptors (Lipinski definition) is 5. The first-order valence-corrected chi connectivity index (χ1v) is 12.8. The third-order valence-electron chi connectivity index (χ3n) is 6.08. The largest absolute Gasteiger partial charge is 0.322 e. The van der Waals surface area contributed by atoms with Crippen LogP contribution in [0.25, 0.3) is 11.0 Å². The summed E-state index contributed by atoms with van der Waals surface area (Å²) in [5, 5.41) is 8.01. The highest BCUT2D eigenvalue weighted by molar-refractivity contribution is 7.89. The fraction of sp³-hybridized carbons (Fsp3) is 0.458. The molecule has 3 heterocycles. The molecule has 0 bridgehead atoms. The quantitative estimate of drug-likeness (QED) is 0.603. The van der Waals surface area contributed by atoms with Crippen LogP contribution in [-0.4, -0.2) is 46.5 Å². The zero-order chi connectivity index (χ0) is 23.9. The van der Waals surface area contributed by atoms with Crippen molar-refractivity contribution in [2.45, 2.75) is 52.0 Å². The third-order valence-corrected chi connectivity index (χ3v) is 7.92. The summed E-state index contributed by atoms with van der Waals surface area (Å²) >= 11 is 0. The van der Waals surface area contributed by atoms with Crippen LogP contribution in [0, 0.1) is 18.8 Å². The average molecular weight is 470 g/mol. The molecule has 2 unspecified atom stereocenters. The molecule has 1 N–H and O–H groups in total. The number of nitrogens with zero attached hydrogens (tertiary/aromatic N) is 4. The Bertz CT molecular complexity index is 1270. The Hall–Kier alpha value is -2.78. The van der Waals surface area contributed by atoms with Crippen molar-refractivity contribution >= 4 is 32.7 Å². The van der Waals surface area contributed by atoms with E-state index in [0.717, 1.165) is 17.5 Å². The van der Waals surface area contributed by atoms with Crippen LogP contribution in [0.2, 0.25) is 0 Å². The van der Waals surface area contributed by atoms with E-state index in [9.17, 15) is 13.2 Å². The van der Waals surface area contributed by atoms with Gasteiger partial charge in [-0.2, -0.15) is 9.40 Å². The maximum Gasteiger partial charge on any atom is 0.257 e. The SMILES string of the molecule is Cc1nc2c(cnn2C(C)C)cc1C(=O)Nc1ccc(S(=O)(=O)N2CC(C)CC(C)C2)cc1. The average Bonchev–Trinajstić information content (AvgIpc) is 3.15. The lowest BCUT2D eigenvalue weighted by Gasteiger charge is -2.34. The summed E-state index contributed by atoms with van der Waals surface area (Å²) < 4.78 is 29.5. The van der Waals surface area contributed by atoms with Crippen molar-refractivity contribution in [3.05, 3.63) is 47.8 Å². The second-order valence-corrected chi connectivity index (χ2v) is 11.4. The molecule has 1 aliphatic heterocycles. The van der Waals surface area contributed by atoms with Crippen LogP contribution in [0.1, 0.15) is 56.2 Å². The Morgan fingerprint density at radius 3 is 2.36 bits per heavy atom. The fourth-order valence-electron chi connectivity index (χ4n) is 4.53. The molecule has 0 radical (unpaired) electrons. The third kappa shape index (κ3) is 4.65. The summed E-state index contributed by atoms with van der Waals surface area (Å²) in [5.41, 5.74) is 2.33. The maximum atomic E-state index is 13.1. The van der Waals surface area contributed by atoms with Gasteiger partial charge in [-0.25, -0.2) is 18.1 Å². The Balaban J connectivity index is 1.52. The van der Waals surface area contributed by atoms with Gasteiger partial charge in [-0.15, -0.1) is 0 Å². The number of aryl methyl sites for hydroxylation is 1. The molecule has 0 saturated carbocycles. The lowest BCUT2D eigenvalue weighted by atomic mass is 9.94. The molecule has 1 aliphatic rings. The Kier molecular flexibility index (Phi) is 6.28. The number of rotatable bonds is 5. The number of benzene rings is 1. The first kappa shape index (κ1) is 23.4. The van der Waals surface area contributed by atoms with E-state index in [1.54, 1.807) is 47.8 Å². The molecule has 0 spiro atoms. The molecule has 176 valence electrons. The number of anilines is 1. The van der Waals surface area contributed by atoms with Gasteiger partial charge < -0.3 is 5.32 Å². The van der Waals surface area contributed by atoms with E-state index >= 15 is 0 Å². The second-order valence-electron chi connectivity index (χ2n) is 9.46. The molecule has 4 rings (SSSR count). The summed E-state index contributed by atoms with van der Waals surface area (Å²) in [5.74, 6) is 0.376. The Morgan fingerprint density at radius 1 is 1.12 bits per heavy atom. The molecule has 33 heavy (non-hydrogen) atoms. The minimum absolute atomic E-state index is 0.167. The molecule has 2 aromatic heterocycles. The minimum atomic E-state index is -3.56. The van der Waals surface area contributed by atoms with Gasteiger partial charge in [0.25, 0.3) is 5.91 Å². The number of amides is 1. The van der Waals surface area contributed by atoms with Gasteiger partial charge in [0.05, 0.1) is 22.3 Å². The normalized spacial score (nSPS) is 19.8. The number of fused-ring (bicyclic) bond motifs is 1. The van der Waals surface area contributed by atoms with E-state index in [0.29, 0.717) is 41.9 Å². The predicted molar refractivity (Wildman–Crippen MR) is 129 cm³/mol. The molecular formula is C24H31N5O3S. The zero-order valence-electron chi connectivity index (χ0n) is 19.7. The van der Waals surface area contributed by atoms with Crippen LogP contribution in [0.4, 0.5) is 5.69 Å². The molecule has 9 heteroatoms. The summed E-state index contributed by atoms with van der Waals surface area (Å²) in [6, 6.07) is 8.31. The van der Waals surface area contributed by atoms with Gasteiger partial charge in [-0.1, -0.05) is 13.8 Å². The summed E-state index contributed by atoms with van der Waals surface area (Å²) in [6.45, 7) is 11.1. The van der Waals surface area contributed by atoms with Crippen molar-refractivity contribution < 1.29 is 13.2 Å². The van der Waals surface area contributed by atoms with E-state index in [1.165, 1.54) is 0 Å². The van der Waals surface area contributed by atoms with Crippen LogP contribution in [0.3, 0.4) is 0 Å². The van der Waals surface area contributed by atoms with Crippen molar-refractivity contribution in [1.82, 2.24) is 19.1 Å². The van der Waals surface area contributed by atoms with Crippen LogP contribution in [0.5, 0.6) is 0 Å². The maximum absolute atomic E-state index is 13.1. The monoisotopic (exact) mass is 469 g/mol.